The molecule has 0 aliphatic carbocycles. The molecule has 1 N–H and O–H groups in total. The molecule has 2 rings (SSSR count). The lowest BCUT2D eigenvalue weighted by atomic mass is 10.2. The lowest BCUT2D eigenvalue weighted by Gasteiger charge is -2.10. The van der Waals surface area contributed by atoms with E-state index in [-0.39, 0.29) is 11.5 Å². The van der Waals surface area contributed by atoms with Gasteiger partial charge >= 0.3 is 0 Å². The Balaban J connectivity index is 2.26. The number of carbonyl (C=O) groups is 1. The van der Waals surface area contributed by atoms with E-state index >= 15 is 0 Å². The zero-order valence-corrected chi connectivity index (χ0v) is 14.0. The molecule has 0 radical (unpaired) electrons. The summed E-state index contributed by atoms with van der Waals surface area (Å²) < 4.78 is 15.0. The Morgan fingerprint density at radius 3 is 2.32 bits per heavy atom. The largest absolute Gasteiger partial charge is 0.320 e. The first-order valence-corrected chi connectivity index (χ1v) is 7.42. The number of halogens is 4. The molecule has 7 heteroatoms. The van der Waals surface area contributed by atoms with Crippen molar-refractivity contribution in [1.82, 2.24) is 4.98 Å². The van der Waals surface area contributed by atoms with E-state index in [0.29, 0.717) is 5.69 Å². The quantitative estimate of drug-likeness (QED) is 0.667. The third kappa shape index (κ3) is 3.61. The average molecular weight is 453 g/mol. The van der Waals surface area contributed by atoms with Gasteiger partial charge in [-0.15, -0.1) is 0 Å². The number of nitrogens with zero attached hydrogens (tertiary/aromatic N) is 1. The minimum atomic E-state index is -0.623. The summed E-state index contributed by atoms with van der Waals surface area (Å²) in [5.41, 5.74) is 0.876. The molecule has 1 amide bonds. The molecule has 1 aromatic carbocycles. The SMILES string of the molecule is O=C(Nc1c(Br)cc(Br)cc1Br)c1ccc(F)nc1. The summed E-state index contributed by atoms with van der Waals surface area (Å²) in [5.74, 6) is -0.987. The van der Waals surface area contributed by atoms with Crippen molar-refractivity contribution in [1.29, 1.82) is 0 Å². The van der Waals surface area contributed by atoms with E-state index < -0.39 is 5.95 Å². The van der Waals surface area contributed by atoms with Crippen LogP contribution < -0.4 is 5.32 Å². The van der Waals surface area contributed by atoms with E-state index in [1.807, 2.05) is 12.1 Å². The van der Waals surface area contributed by atoms with E-state index in [2.05, 4.69) is 58.1 Å². The van der Waals surface area contributed by atoms with Gasteiger partial charge in [0.2, 0.25) is 5.95 Å². The monoisotopic (exact) mass is 450 g/mol. The van der Waals surface area contributed by atoms with Gasteiger partial charge in [-0.3, -0.25) is 4.79 Å². The van der Waals surface area contributed by atoms with Crippen LogP contribution in [-0.2, 0) is 0 Å². The highest BCUT2D eigenvalue weighted by Gasteiger charge is 2.12. The van der Waals surface area contributed by atoms with E-state index in [1.165, 1.54) is 12.3 Å². The Morgan fingerprint density at radius 2 is 1.79 bits per heavy atom. The first-order chi connectivity index (χ1) is 8.97. The molecule has 0 spiro atoms. The predicted molar refractivity (Wildman–Crippen MR) is 81.7 cm³/mol. The molecule has 2 aromatic rings. The van der Waals surface area contributed by atoms with Gasteiger partial charge in [-0.1, -0.05) is 15.9 Å². The Hall–Kier alpha value is -0.790. The average Bonchev–Trinajstić information content (AvgIpc) is 2.34. The molecule has 0 unspecified atom stereocenters. The topological polar surface area (TPSA) is 42.0 Å². The highest BCUT2D eigenvalue weighted by Crippen LogP contribution is 2.34. The van der Waals surface area contributed by atoms with Crippen LogP contribution in [-0.4, -0.2) is 10.9 Å². The van der Waals surface area contributed by atoms with E-state index in [4.69, 9.17) is 0 Å². The first-order valence-electron chi connectivity index (χ1n) is 5.05. The van der Waals surface area contributed by atoms with Crippen LogP contribution >= 0.6 is 47.8 Å². The van der Waals surface area contributed by atoms with E-state index in [0.717, 1.165) is 19.5 Å². The Bertz CT molecular complexity index is 608. The lowest BCUT2D eigenvalue weighted by molar-refractivity contribution is 0.102. The number of anilines is 1. The number of hydrogen-bond acceptors (Lipinski definition) is 2. The molecule has 0 aliphatic heterocycles. The number of benzene rings is 1. The van der Waals surface area contributed by atoms with Crippen LogP contribution in [0.2, 0.25) is 0 Å². The van der Waals surface area contributed by atoms with Crippen molar-refractivity contribution < 1.29 is 9.18 Å². The van der Waals surface area contributed by atoms with Crippen molar-refractivity contribution in [2.45, 2.75) is 0 Å². The summed E-state index contributed by atoms with van der Waals surface area (Å²) in [6.07, 6.45) is 1.19. The lowest BCUT2D eigenvalue weighted by Crippen LogP contribution is -2.13. The van der Waals surface area contributed by atoms with Crippen LogP contribution in [0.3, 0.4) is 0 Å². The maximum atomic E-state index is 12.7. The van der Waals surface area contributed by atoms with Gasteiger partial charge in [-0.05, 0) is 56.1 Å². The molecule has 0 atom stereocenters. The summed E-state index contributed by atoms with van der Waals surface area (Å²) in [6.45, 7) is 0. The van der Waals surface area contributed by atoms with E-state index in [1.54, 1.807) is 0 Å². The van der Waals surface area contributed by atoms with Gasteiger partial charge in [0.25, 0.3) is 5.91 Å². The molecule has 0 saturated carbocycles. The van der Waals surface area contributed by atoms with Gasteiger partial charge < -0.3 is 5.32 Å². The molecule has 0 bridgehead atoms. The van der Waals surface area contributed by atoms with Crippen LogP contribution in [0.4, 0.5) is 10.1 Å². The van der Waals surface area contributed by atoms with Gasteiger partial charge in [-0.25, -0.2) is 4.98 Å². The van der Waals surface area contributed by atoms with Crippen LogP contribution in [0.15, 0.2) is 43.9 Å². The van der Waals surface area contributed by atoms with Crippen molar-refractivity contribution in [3.8, 4) is 0 Å². The van der Waals surface area contributed by atoms with Crippen molar-refractivity contribution in [2.75, 3.05) is 5.32 Å². The summed E-state index contributed by atoms with van der Waals surface area (Å²) >= 11 is 10.1. The maximum absolute atomic E-state index is 12.7. The summed E-state index contributed by atoms with van der Waals surface area (Å²) in [4.78, 5) is 15.4. The van der Waals surface area contributed by atoms with Gasteiger partial charge in [0.1, 0.15) is 0 Å². The zero-order valence-electron chi connectivity index (χ0n) is 9.25. The third-order valence-corrected chi connectivity index (χ3v) is 3.94. The molecular formula is C12H6Br3FN2O. The number of rotatable bonds is 2. The number of aromatic nitrogens is 1. The van der Waals surface area contributed by atoms with Crippen LogP contribution in [0.5, 0.6) is 0 Å². The number of pyridine rings is 1. The van der Waals surface area contributed by atoms with Crippen LogP contribution in [0.25, 0.3) is 0 Å². The fourth-order valence-corrected chi connectivity index (χ4v) is 3.81. The van der Waals surface area contributed by atoms with E-state index in [9.17, 15) is 9.18 Å². The van der Waals surface area contributed by atoms with Crippen LogP contribution in [0, 0.1) is 5.95 Å². The Kier molecular flexibility index (Phi) is 4.70. The van der Waals surface area contributed by atoms with Crippen molar-refractivity contribution >= 4 is 59.4 Å². The molecule has 0 fully saturated rings. The van der Waals surface area contributed by atoms with Crippen molar-refractivity contribution in [2.24, 2.45) is 0 Å². The maximum Gasteiger partial charge on any atom is 0.257 e. The fraction of sp³-hybridized carbons (Fsp3) is 0. The first kappa shape index (κ1) is 14.6. The molecule has 0 saturated heterocycles. The normalized spacial score (nSPS) is 10.3. The highest BCUT2D eigenvalue weighted by atomic mass is 79.9. The molecular weight excluding hydrogens is 447 g/mol. The summed E-state index contributed by atoms with van der Waals surface area (Å²) in [6, 6.07) is 6.13. The third-order valence-electron chi connectivity index (χ3n) is 2.23. The van der Waals surface area contributed by atoms with Crippen molar-refractivity contribution in [3.63, 3.8) is 0 Å². The second kappa shape index (κ2) is 6.11. The van der Waals surface area contributed by atoms with Gasteiger partial charge in [0.05, 0.1) is 11.3 Å². The summed E-state index contributed by atoms with van der Waals surface area (Å²) in [7, 11) is 0. The fourth-order valence-electron chi connectivity index (χ4n) is 1.36. The molecule has 19 heavy (non-hydrogen) atoms. The molecule has 0 aliphatic rings. The highest BCUT2D eigenvalue weighted by molar-refractivity contribution is 9.11. The standard InChI is InChI=1S/C12H6Br3FN2O/c13-7-3-8(14)11(9(15)4-7)18-12(19)6-1-2-10(16)17-5-6/h1-5H,(H,18,19). The zero-order chi connectivity index (χ0) is 14.0. The Labute approximate surface area is 134 Å². The smallest absolute Gasteiger partial charge is 0.257 e. The van der Waals surface area contributed by atoms with Gasteiger partial charge in [-0.2, -0.15) is 4.39 Å². The summed E-state index contributed by atoms with van der Waals surface area (Å²) in [5, 5.41) is 2.73. The molecule has 98 valence electrons. The number of amides is 1. The second-order valence-electron chi connectivity index (χ2n) is 3.57. The molecule has 1 heterocycles. The minimum absolute atomic E-state index is 0.281. The number of nitrogens with one attached hydrogen (secondary N) is 1. The number of hydrogen-bond donors (Lipinski definition) is 1. The van der Waals surface area contributed by atoms with Crippen molar-refractivity contribution in [3.05, 3.63) is 55.4 Å². The predicted octanol–water partition coefficient (Wildman–Crippen LogP) is 4.76. The molecule has 1 aromatic heterocycles. The van der Waals surface area contributed by atoms with Gasteiger partial charge in [0.15, 0.2) is 0 Å². The minimum Gasteiger partial charge on any atom is -0.320 e. The number of carbonyl (C=O) groups excluding carboxylic acids is 1. The van der Waals surface area contributed by atoms with Gasteiger partial charge in [0, 0.05) is 19.6 Å². The second-order valence-corrected chi connectivity index (χ2v) is 6.19. The van der Waals surface area contributed by atoms with Crippen LogP contribution in [0.1, 0.15) is 10.4 Å². The Morgan fingerprint density at radius 1 is 1.16 bits per heavy atom. The molecule has 3 nitrogen and oxygen atoms in total.